The van der Waals surface area contributed by atoms with Crippen LogP contribution >= 0.6 is 0 Å². The molecule has 21 heavy (non-hydrogen) atoms. The molecule has 0 saturated heterocycles. The largest absolute Gasteiger partial charge is 0.357 e. The Kier molecular flexibility index (Phi) is 7.26. The van der Waals surface area contributed by atoms with Crippen molar-refractivity contribution >= 4 is 5.96 Å². The van der Waals surface area contributed by atoms with E-state index in [9.17, 15) is 0 Å². The molecular weight excluding hydrogens is 262 g/mol. The van der Waals surface area contributed by atoms with Crippen LogP contribution in [0.3, 0.4) is 0 Å². The lowest BCUT2D eigenvalue weighted by Gasteiger charge is -2.23. The first-order valence-electron chi connectivity index (χ1n) is 7.93. The zero-order valence-corrected chi connectivity index (χ0v) is 14.2. The lowest BCUT2D eigenvalue weighted by Crippen LogP contribution is -2.42. The smallest absolute Gasteiger partial charge is 0.191 e. The molecule has 0 aliphatic rings. The third-order valence-corrected chi connectivity index (χ3v) is 3.21. The van der Waals surface area contributed by atoms with Gasteiger partial charge in [-0.15, -0.1) is 0 Å². The summed E-state index contributed by atoms with van der Waals surface area (Å²) in [6.45, 7) is 13.6. The van der Waals surface area contributed by atoms with Crippen molar-refractivity contribution in [3.8, 4) is 0 Å². The molecule has 0 radical (unpaired) electrons. The monoisotopic (exact) mass is 293 g/mol. The number of nitrogens with zero attached hydrogens (tertiary/aromatic N) is 3. The summed E-state index contributed by atoms with van der Waals surface area (Å²) in [5.41, 5.74) is 0.380. The Balaban J connectivity index is 2.40. The van der Waals surface area contributed by atoms with Crippen molar-refractivity contribution in [2.45, 2.75) is 60.0 Å². The Morgan fingerprint density at radius 1 is 1.38 bits per heavy atom. The standard InChI is InChI=1S/C16H31N5/c1-6-17-15(18-11-13-21-12-7-10-19-21)20-14(2)8-9-16(3,4)5/h7,10,12,14H,6,8-9,11,13H2,1-5H3,(H2,17,18,20). The third-order valence-electron chi connectivity index (χ3n) is 3.21. The van der Waals surface area contributed by atoms with E-state index in [1.165, 1.54) is 6.42 Å². The van der Waals surface area contributed by atoms with Crippen molar-refractivity contribution in [2.24, 2.45) is 10.4 Å². The predicted molar refractivity (Wildman–Crippen MR) is 89.5 cm³/mol. The van der Waals surface area contributed by atoms with Crippen LogP contribution in [0.2, 0.25) is 0 Å². The summed E-state index contributed by atoms with van der Waals surface area (Å²) < 4.78 is 1.90. The van der Waals surface area contributed by atoms with Gasteiger partial charge in [-0.05, 0) is 38.2 Å². The molecular formula is C16H31N5. The second kappa shape index (κ2) is 8.70. The van der Waals surface area contributed by atoms with Gasteiger partial charge in [0.2, 0.25) is 0 Å². The van der Waals surface area contributed by atoms with E-state index in [2.05, 4.69) is 55.3 Å². The maximum absolute atomic E-state index is 4.61. The van der Waals surface area contributed by atoms with Crippen LogP contribution in [-0.4, -0.2) is 34.9 Å². The Bertz CT molecular complexity index is 403. The normalized spacial score (nSPS) is 14.0. The van der Waals surface area contributed by atoms with Crippen molar-refractivity contribution in [3.05, 3.63) is 18.5 Å². The van der Waals surface area contributed by atoms with Crippen LogP contribution in [0.15, 0.2) is 23.5 Å². The van der Waals surface area contributed by atoms with Crippen molar-refractivity contribution in [1.82, 2.24) is 20.4 Å². The fourth-order valence-electron chi connectivity index (χ4n) is 1.97. The van der Waals surface area contributed by atoms with E-state index >= 15 is 0 Å². The van der Waals surface area contributed by atoms with Gasteiger partial charge in [-0.3, -0.25) is 9.67 Å². The van der Waals surface area contributed by atoms with Gasteiger partial charge in [0.05, 0.1) is 13.1 Å². The summed E-state index contributed by atoms with van der Waals surface area (Å²) >= 11 is 0. The number of hydrogen-bond donors (Lipinski definition) is 2. The summed E-state index contributed by atoms with van der Waals surface area (Å²) in [6, 6.07) is 2.36. The van der Waals surface area contributed by atoms with Crippen LogP contribution in [0.5, 0.6) is 0 Å². The molecule has 1 unspecified atom stereocenters. The summed E-state index contributed by atoms with van der Waals surface area (Å²) in [4.78, 5) is 4.61. The van der Waals surface area contributed by atoms with Gasteiger partial charge < -0.3 is 10.6 Å². The van der Waals surface area contributed by atoms with Crippen LogP contribution < -0.4 is 10.6 Å². The summed E-state index contributed by atoms with van der Waals surface area (Å²) in [7, 11) is 0. The second-order valence-electron chi connectivity index (χ2n) is 6.67. The van der Waals surface area contributed by atoms with Crippen LogP contribution in [-0.2, 0) is 6.54 Å². The minimum Gasteiger partial charge on any atom is -0.357 e. The van der Waals surface area contributed by atoms with Gasteiger partial charge in [0.15, 0.2) is 5.96 Å². The third kappa shape index (κ3) is 8.38. The number of rotatable bonds is 7. The Labute approximate surface area is 129 Å². The maximum atomic E-state index is 4.61. The molecule has 0 fully saturated rings. The van der Waals surface area contributed by atoms with Gasteiger partial charge in [0.25, 0.3) is 0 Å². The fourth-order valence-corrected chi connectivity index (χ4v) is 1.97. The molecule has 0 aliphatic carbocycles. The molecule has 0 spiro atoms. The number of aromatic nitrogens is 2. The van der Waals surface area contributed by atoms with Gasteiger partial charge in [-0.2, -0.15) is 5.10 Å². The molecule has 1 atom stereocenters. The van der Waals surface area contributed by atoms with E-state index in [-0.39, 0.29) is 0 Å². The van der Waals surface area contributed by atoms with Crippen molar-refractivity contribution in [1.29, 1.82) is 0 Å². The molecule has 0 aliphatic heterocycles. The SMILES string of the molecule is CCNC(=NCCn1cccn1)NC(C)CCC(C)(C)C. The zero-order chi connectivity index (χ0) is 15.7. The lowest BCUT2D eigenvalue weighted by molar-refractivity contribution is 0.346. The highest BCUT2D eigenvalue weighted by Gasteiger charge is 2.13. The van der Waals surface area contributed by atoms with Gasteiger partial charge >= 0.3 is 0 Å². The second-order valence-corrected chi connectivity index (χ2v) is 6.67. The lowest BCUT2D eigenvalue weighted by atomic mass is 9.89. The molecule has 1 rings (SSSR count). The molecule has 5 heteroatoms. The van der Waals surface area contributed by atoms with E-state index in [0.29, 0.717) is 11.5 Å². The fraction of sp³-hybridized carbons (Fsp3) is 0.750. The summed E-state index contributed by atoms with van der Waals surface area (Å²) in [5, 5.41) is 11.0. The van der Waals surface area contributed by atoms with E-state index in [1.54, 1.807) is 6.20 Å². The Morgan fingerprint density at radius 3 is 2.71 bits per heavy atom. The highest BCUT2D eigenvalue weighted by atomic mass is 15.3. The zero-order valence-electron chi connectivity index (χ0n) is 14.2. The van der Waals surface area contributed by atoms with Crippen molar-refractivity contribution in [2.75, 3.05) is 13.1 Å². The van der Waals surface area contributed by atoms with E-state index in [1.807, 2.05) is 16.9 Å². The van der Waals surface area contributed by atoms with E-state index in [4.69, 9.17) is 0 Å². The van der Waals surface area contributed by atoms with Gasteiger partial charge in [-0.1, -0.05) is 20.8 Å². The minimum absolute atomic E-state index is 0.380. The maximum Gasteiger partial charge on any atom is 0.191 e. The number of aliphatic imine (C=N–C) groups is 1. The average molecular weight is 293 g/mol. The summed E-state index contributed by atoms with van der Waals surface area (Å²) in [6.07, 6.45) is 6.10. The van der Waals surface area contributed by atoms with Crippen LogP contribution in [0, 0.1) is 5.41 Å². The van der Waals surface area contributed by atoms with Gasteiger partial charge in [0, 0.05) is 25.0 Å². The minimum atomic E-state index is 0.380. The molecule has 0 saturated carbocycles. The summed E-state index contributed by atoms with van der Waals surface area (Å²) in [5.74, 6) is 0.895. The number of hydrogen-bond acceptors (Lipinski definition) is 2. The molecule has 0 amide bonds. The first-order chi connectivity index (χ1) is 9.90. The average Bonchev–Trinajstić information content (AvgIpc) is 2.89. The molecule has 1 aromatic rings. The Morgan fingerprint density at radius 2 is 2.14 bits per heavy atom. The molecule has 120 valence electrons. The predicted octanol–water partition coefficient (Wildman–Crippen LogP) is 2.65. The molecule has 1 aromatic heterocycles. The van der Waals surface area contributed by atoms with Crippen molar-refractivity contribution < 1.29 is 0 Å². The highest BCUT2D eigenvalue weighted by molar-refractivity contribution is 5.79. The molecule has 0 bridgehead atoms. The first-order valence-corrected chi connectivity index (χ1v) is 7.93. The van der Waals surface area contributed by atoms with Crippen LogP contribution in [0.4, 0.5) is 0 Å². The highest BCUT2D eigenvalue weighted by Crippen LogP contribution is 2.21. The van der Waals surface area contributed by atoms with Gasteiger partial charge in [0.1, 0.15) is 0 Å². The van der Waals surface area contributed by atoms with Crippen LogP contribution in [0.1, 0.15) is 47.5 Å². The topological polar surface area (TPSA) is 54.2 Å². The quantitative estimate of drug-likeness (QED) is 0.600. The first kappa shape index (κ1) is 17.5. The molecule has 5 nitrogen and oxygen atoms in total. The Hall–Kier alpha value is -1.52. The van der Waals surface area contributed by atoms with E-state index in [0.717, 1.165) is 32.0 Å². The molecule has 0 aromatic carbocycles. The number of nitrogens with one attached hydrogen (secondary N) is 2. The number of guanidine groups is 1. The van der Waals surface area contributed by atoms with Gasteiger partial charge in [-0.25, -0.2) is 0 Å². The van der Waals surface area contributed by atoms with Crippen molar-refractivity contribution in [3.63, 3.8) is 0 Å². The van der Waals surface area contributed by atoms with Crippen LogP contribution in [0.25, 0.3) is 0 Å². The molecule has 2 N–H and O–H groups in total. The van der Waals surface area contributed by atoms with E-state index < -0.39 is 0 Å². The molecule has 1 heterocycles.